The molecular weight excluding hydrogens is 432 g/mol. The number of ether oxygens (including phenoxy) is 1. The van der Waals surface area contributed by atoms with Gasteiger partial charge in [-0.15, -0.1) is 0 Å². The summed E-state index contributed by atoms with van der Waals surface area (Å²) in [6.07, 6.45) is 1.17. The highest BCUT2D eigenvalue weighted by Crippen LogP contribution is 2.44. The van der Waals surface area contributed by atoms with Crippen LogP contribution in [-0.4, -0.2) is 53.7 Å². The van der Waals surface area contributed by atoms with Crippen LogP contribution in [0.4, 0.5) is 4.79 Å². The SMILES string of the molecule is CCC(CNC(=O)OCC1c2ccccc2-c2ccccc21)C(=O)N1CCC(C)CC1C(=O)O. The standard InChI is InChI=1S/C27H32N2O5/c1-3-18(25(30)29-13-12-17(2)14-24(29)26(31)32)15-28-27(33)34-16-23-21-10-6-4-8-19(21)20-9-5-7-11-22(20)23/h4-11,17-18,23-24H,3,12-16H2,1-2H3,(H,28,33)(H,31,32). The van der Waals surface area contributed by atoms with Crippen LogP contribution in [0, 0.1) is 11.8 Å². The van der Waals surface area contributed by atoms with Crippen molar-refractivity contribution < 1.29 is 24.2 Å². The van der Waals surface area contributed by atoms with Gasteiger partial charge in [0.1, 0.15) is 12.6 Å². The van der Waals surface area contributed by atoms with Gasteiger partial charge in [0.05, 0.1) is 5.92 Å². The molecule has 3 unspecified atom stereocenters. The first-order valence-corrected chi connectivity index (χ1v) is 12.0. The summed E-state index contributed by atoms with van der Waals surface area (Å²) in [5, 5.41) is 12.3. The topological polar surface area (TPSA) is 95.9 Å². The predicted molar refractivity (Wildman–Crippen MR) is 128 cm³/mol. The van der Waals surface area contributed by atoms with E-state index in [-0.39, 0.29) is 30.9 Å². The highest BCUT2D eigenvalue weighted by Gasteiger charge is 2.37. The van der Waals surface area contributed by atoms with E-state index in [0.29, 0.717) is 19.4 Å². The molecule has 2 aliphatic rings. The van der Waals surface area contributed by atoms with Gasteiger partial charge in [-0.25, -0.2) is 9.59 Å². The summed E-state index contributed by atoms with van der Waals surface area (Å²) in [4.78, 5) is 38.7. The highest BCUT2D eigenvalue weighted by molar-refractivity contribution is 5.86. The molecule has 1 saturated heterocycles. The molecule has 2 aromatic rings. The van der Waals surface area contributed by atoms with Crippen molar-refractivity contribution in [2.75, 3.05) is 19.7 Å². The van der Waals surface area contributed by atoms with Crippen molar-refractivity contribution in [3.8, 4) is 11.1 Å². The quantitative estimate of drug-likeness (QED) is 0.638. The fraction of sp³-hybridized carbons (Fsp3) is 0.444. The van der Waals surface area contributed by atoms with E-state index in [1.165, 1.54) is 4.90 Å². The summed E-state index contributed by atoms with van der Waals surface area (Å²) < 4.78 is 5.56. The van der Waals surface area contributed by atoms with Crippen molar-refractivity contribution in [1.82, 2.24) is 10.2 Å². The lowest BCUT2D eigenvalue weighted by Gasteiger charge is -2.37. The third-order valence-electron chi connectivity index (χ3n) is 7.11. The minimum absolute atomic E-state index is 0.0339. The molecule has 1 fully saturated rings. The number of hydrogen-bond donors (Lipinski definition) is 2. The fourth-order valence-corrected chi connectivity index (χ4v) is 5.14. The predicted octanol–water partition coefficient (Wildman–Crippen LogP) is 4.26. The van der Waals surface area contributed by atoms with E-state index in [0.717, 1.165) is 28.7 Å². The number of nitrogens with zero attached hydrogens (tertiary/aromatic N) is 1. The Morgan fingerprint density at radius 2 is 1.71 bits per heavy atom. The third-order valence-corrected chi connectivity index (χ3v) is 7.11. The van der Waals surface area contributed by atoms with Crippen LogP contribution in [0.15, 0.2) is 48.5 Å². The number of hydrogen-bond acceptors (Lipinski definition) is 4. The molecule has 0 radical (unpaired) electrons. The summed E-state index contributed by atoms with van der Waals surface area (Å²) in [6, 6.07) is 15.5. The maximum atomic E-state index is 13.1. The van der Waals surface area contributed by atoms with Crippen LogP contribution in [0.1, 0.15) is 50.2 Å². The molecule has 4 rings (SSSR count). The number of nitrogens with one attached hydrogen (secondary N) is 1. The average molecular weight is 465 g/mol. The molecule has 0 aromatic heterocycles. The van der Waals surface area contributed by atoms with Crippen molar-refractivity contribution in [2.45, 2.75) is 45.1 Å². The van der Waals surface area contributed by atoms with Crippen molar-refractivity contribution in [3.05, 3.63) is 59.7 Å². The van der Waals surface area contributed by atoms with E-state index in [4.69, 9.17) is 4.74 Å². The Bertz CT molecular complexity index is 1020. The maximum absolute atomic E-state index is 13.1. The first-order chi connectivity index (χ1) is 16.4. The summed E-state index contributed by atoms with van der Waals surface area (Å²) >= 11 is 0. The molecule has 7 nitrogen and oxygen atoms in total. The minimum atomic E-state index is -0.973. The van der Waals surface area contributed by atoms with Crippen molar-refractivity contribution in [1.29, 1.82) is 0 Å². The van der Waals surface area contributed by atoms with Gasteiger partial charge in [-0.05, 0) is 47.4 Å². The van der Waals surface area contributed by atoms with Gasteiger partial charge in [-0.2, -0.15) is 0 Å². The lowest BCUT2D eigenvalue weighted by molar-refractivity contribution is -0.155. The van der Waals surface area contributed by atoms with Crippen LogP contribution >= 0.6 is 0 Å². The molecular formula is C27H32N2O5. The van der Waals surface area contributed by atoms with E-state index in [9.17, 15) is 19.5 Å². The van der Waals surface area contributed by atoms with E-state index < -0.39 is 24.0 Å². The van der Waals surface area contributed by atoms with Crippen molar-refractivity contribution in [3.63, 3.8) is 0 Å². The van der Waals surface area contributed by atoms with E-state index in [1.807, 2.05) is 38.1 Å². The fourth-order valence-electron chi connectivity index (χ4n) is 5.14. The van der Waals surface area contributed by atoms with Crippen LogP contribution in [0.25, 0.3) is 11.1 Å². The number of carboxylic acid groups (broad SMARTS) is 1. The number of likely N-dealkylation sites (tertiary alicyclic amines) is 1. The number of amides is 2. The van der Waals surface area contributed by atoms with Crippen molar-refractivity contribution >= 4 is 18.0 Å². The second-order valence-electron chi connectivity index (χ2n) is 9.33. The molecule has 3 atom stereocenters. The Morgan fingerprint density at radius 1 is 1.09 bits per heavy atom. The van der Waals surface area contributed by atoms with E-state index >= 15 is 0 Å². The zero-order chi connectivity index (χ0) is 24.2. The van der Waals surface area contributed by atoms with Gasteiger partial charge in [0, 0.05) is 19.0 Å². The molecule has 7 heteroatoms. The molecule has 1 heterocycles. The van der Waals surface area contributed by atoms with Crippen LogP contribution in [0.5, 0.6) is 0 Å². The molecule has 1 aliphatic carbocycles. The van der Waals surface area contributed by atoms with Crippen LogP contribution < -0.4 is 5.32 Å². The Kier molecular flexibility index (Phi) is 7.20. The second kappa shape index (κ2) is 10.3. The van der Waals surface area contributed by atoms with Gasteiger partial charge in [0.15, 0.2) is 0 Å². The molecule has 2 aromatic carbocycles. The maximum Gasteiger partial charge on any atom is 0.407 e. The monoisotopic (exact) mass is 464 g/mol. The molecule has 34 heavy (non-hydrogen) atoms. The zero-order valence-corrected chi connectivity index (χ0v) is 19.7. The summed E-state index contributed by atoms with van der Waals surface area (Å²) in [7, 11) is 0. The second-order valence-corrected chi connectivity index (χ2v) is 9.33. The molecule has 0 bridgehead atoms. The number of benzene rings is 2. The first kappa shape index (κ1) is 23.8. The Labute approximate surface area is 200 Å². The van der Waals surface area contributed by atoms with Gasteiger partial charge in [0.2, 0.25) is 5.91 Å². The normalized spacial score (nSPS) is 20.2. The average Bonchev–Trinajstić information content (AvgIpc) is 3.16. The van der Waals surface area contributed by atoms with Crippen LogP contribution in [-0.2, 0) is 14.3 Å². The summed E-state index contributed by atoms with van der Waals surface area (Å²) in [6.45, 7) is 4.62. The number of aliphatic carboxylic acids is 1. The Hall–Kier alpha value is -3.35. The lowest BCUT2D eigenvalue weighted by Crippen LogP contribution is -2.53. The number of carboxylic acids is 1. The number of rotatable bonds is 7. The summed E-state index contributed by atoms with van der Waals surface area (Å²) in [5.41, 5.74) is 4.59. The van der Waals surface area contributed by atoms with E-state index in [1.54, 1.807) is 0 Å². The largest absolute Gasteiger partial charge is 0.480 e. The number of piperidine rings is 1. The van der Waals surface area contributed by atoms with Gasteiger partial charge >= 0.3 is 12.1 Å². The smallest absolute Gasteiger partial charge is 0.407 e. The lowest BCUT2D eigenvalue weighted by atomic mass is 9.91. The van der Waals surface area contributed by atoms with E-state index in [2.05, 4.69) is 29.6 Å². The molecule has 180 valence electrons. The van der Waals surface area contributed by atoms with Gasteiger partial charge in [0.25, 0.3) is 0 Å². The Morgan fingerprint density at radius 3 is 2.29 bits per heavy atom. The van der Waals surface area contributed by atoms with Gasteiger partial charge in [-0.1, -0.05) is 62.4 Å². The highest BCUT2D eigenvalue weighted by atomic mass is 16.5. The molecule has 2 amide bonds. The molecule has 2 N–H and O–H groups in total. The Balaban J connectivity index is 1.35. The molecule has 0 saturated carbocycles. The van der Waals surface area contributed by atoms with Crippen LogP contribution in [0.2, 0.25) is 0 Å². The molecule has 0 spiro atoms. The zero-order valence-electron chi connectivity index (χ0n) is 19.7. The minimum Gasteiger partial charge on any atom is -0.480 e. The first-order valence-electron chi connectivity index (χ1n) is 12.0. The van der Waals surface area contributed by atoms with Crippen LogP contribution in [0.3, 0.4) is 0 Å². The van der Waals surface area contributed by atoms with Crippen molar-refractivity contribution in [2.24, 2.45) is 11.8 Å². The number of carbonyl (C=O) groups is 3. The summed E-state index contributed by atoms with van der Waals surface area (Å²) in [5.74, 6) is -1.45. The number of alkyl carbamates (subject to hydrolysis) is 1. The number of fused-ring (bicyclic) bond motifs is 3. The van der Waals surface area contributed by atoms with Gasteiger partial charge in [-0.3, -0.25) is 4.79 Å². The van der Waals surface area contributed by atoms with Gasteiger partial charge < -0.3 is 20.1 Å². The molecule has 1 aliphatic heterocycles. The third kappa shape index (κ3) is 4.79. The number of carbonyl (C=O) groups excluding carboxylic acids is 2.